The van der Waals surface area contributed by atoms with Crippen LogP contribution in [0.3, 0.4) is 0 Å². The maximum absolute atomic E-state index is 11.6. The Morgan fingerprint density at radius 1 is 1.33 bits per heavy atom. The number of nitrogens with two attached hydrogens (primary N) is 1. The van der Waals surface area contributed by atoms with E-state index in [2.05, 4.69) is 15.0 Å². The highest BCUT2D eigenvalue weighted by Gasteiger charge is 2.12. The number of carbonyl (C=O) groups excluding carboxylic acids is 1. The van der Waals surface area contributed by atoms with Crippen LogP contribution < -0.4 is 15.8 Å². The second kappa shape index (κ2) is 6.32. The van der Waals surface area contributed by atoms with Crippen LogP contribution >= 0.6 is 11.6 Å². The van der Waals surface area contributed by atoms with Crippen molar-refractivity contribution in [1.29, 1.82) is 0 Å². The molecule has 6 nitrogen and oxygen atoms in total. The topological polar surface area (TPSA) is 86.5 Å². The van der Waals surface area contributed by atoms with Gasteiger partial charge in [0.1, 0.15) is 11.6 Å². The number of nitrogens with one attached hydrogen (secondary N) is 1. The van der Waals surface area contributed by atoms with Crippen molar-refractivity contribution in [3.05, 3.63) is 41.0 Å². The van der Waals surface area contributed by atoms with Gasteiger partial charge in [-0.25, -0.2) is 9.78 Å². The number of aromatic nitrogens is 1. The van der Waals surface area contributed by atoms with E-state index < -0.39 is 5.97 Å². The third-order valence-electron chi connectivity index (χ3n) is 2.76. The number of nitrogens with zero attached hydrogens (tertiary/aromatic N) is 1. The Morgan fingerprint density at radius 2 is 2.10 bits per heavy atom. The van der Waals surface area contributed by atoms with Crippen LogP contribution in [0.4, 0.5) is 17.2 Å². The molecule has 1 aromatic carbocycles. The van der Waals surface area contributed by atoms with Gasteiger partial charge in [-0.15, -0.1) is 0 Å². The Kier molecular flexibility index (Phi) is 4.49. The summed E-state index contributed by atoms with van der Waals surface area (Å²) in [5.41, 5.74) is 6.91. The molecule has 0 fully saturated rings. The summed E-state index contributed by atoms with van der Waals surface area (Å²) in [6.07, 6.45) is 1.39. The molecular weight excluding hydrogens is 294 g/mol. The summed E-state index contributed by atoms with van der Waals surface area (Å²) >= 11 is 5.96. The lowest BCUT2D eigenvalue weighted by atomic mass is 10.2. The highest BCUT2D eigenvalue weighted by Crippen LogP contribution is 2.29. The third-order valence-corrected chi connectivity index (χ3v) is 3.08. The Bertz CT molecular complexity index is 677. The van der Waals surface area contributed by atoms with E-state index in [9.17, 15) is 4.79 Å². The summed E-state index contributed by atoms with van der Waals surface area (Å²) in [6, 6.07) is 6.70. The van der Waals surface area contributed by atoms with E-state index in [1.54, 1.807) is 18.2 Å². The quantitative estimate of drug-likeness (QED) is 0.845. The summed E-state index contributed by atoms with van der Waals surface area (Å²) in [4.78, 5) is 15.7. The van der Waals surface area contributed by atoms with Crippen LogP contribution in [0.15, 0.2) is 30.5 Å². The van der Waals surface area contributed by atoms with Gasteiger partial charge in [0, 0.05) is 11.8 Å². The third kappa shape index (κ3) is 3.35. The number of halogens is 1. The first-order valence-corrected chi connectivity index (χ1v) is 6.37. The fraction of sp³-hybridized carbons (Fsp3) is 0.143. The summed E-state index contributed by atoms with van der Waals surface area (Å²) in [5.74, 6) is 0.464. The summed E-state index contributed by atoms with van der Waals surface area (Å²) < 4.78 is 9.80. The van der Waals surface area contributed by atoms with Gasteiger partial charge in [0.05, 0.1) is 36.7 Å². The first-order chi connectivity index (χ1) is 10.0. The van der Waals surface area contributed by atoms with E-state index in [0.29, 0.717) is 22.3 Å². The minimum atomic E-state index is -0.522. The Hall–Kier alpha value is -2.47. The van der Waals surface area contributed by atoms with E-state index in [1.165, 1.54) is 26.5 Å². The van der Waals surface area contributed by atoms with Gasteiger partial charge in [0.2, 0.25) is 0 Å². The van der Waals surface area contributed by atoms with Gasteiger partial charge in [0.25, 0.3) is 0 Å². The van der Waals surface area contributed by atoms with Gasteiger partial charge in [-0.3, -0.25) is 0 Å². The van der Waals surface area contributed by atoms with Crippen LogP contribution in [-0.2, 0) is 4.74 Å². The van der Waals surface area contributed by atoms with Crippen molar-refractivity contribution in [1.82, 2.24) is 4.98 Å². The van der Waals surface area contributed by atoms with E-state index in [0.717, 1.165) is 0 Å². The summed E-state index contributed by atoms with van der Waals surface area (Å²) in [7, 11) is 2.82. The Balaban J connectivity index is 2.29. The minimum absolute atomic E-state index is 0.246. The number of methoxy groups -OCH3 is 2. The van der Waals surface area contributed by atoms with Crippen molar-refractivity contribution in [3.63, 3.8) is 0 Å². The SMILES string of the molecule is COC(=O)c1cc(Nc2ccc(Cl)c(OC)c2)ncc1N. The van der Waals surface area contributed by atoms with Crippen LogP contribution in [0.2, 0.25) is 5.02 Å². The van der Waals surface area contributed by atoms with Crippen LogP contribution in [-0.4, -0.2) is 25.2 Å². The van der Waals surface area contributed by atoms with Crippen LogP contribution in [0.5, 0.6) is 5.75 Å². The smallest absolute Gasteiger partial charge is 0.340 e. The van der Waals surface area contributed by atoms with Crippen molar-refractivity contribution in [2.75, 3.05) is 25.3 Å². The summed E-state index contributed by atoms with van der Waals surface area (Å²) in [6.45, 7) is 0. The lowest BCUT2D eigenvalue weighted by Gasteiger charge is -2.10. The van der Waals surface area contributed by atoms with Crippen LogP contribution in [0.25, 0.3) is 0 Å². The van der Waals surface area contributed by atoms with E-state index in [1.807, 2.05) is 0 Å². The zero-order valence-electron chi connectivity index (χ0n) is 11.5. The number of ether oxygens (including phenoxy) is 2. The molecule has 0 radical (unpaired) electrons. The van der Waals surface area contributed by atoms with Crippen molar-refractivity contribution in [3.8, 4) is 5.75 Å². The average Bonchev–Trinajstić information content (AvgIpc) is 2.50. The van der Waals surface area contributed by atoms with E-state index >= 15 is 0 Å². The fourth-order valence-corrected chi connectivity index (χ4v) is 1.90. The number of carbonyl (C=O) groups is 1. The second-order valence-electron chi connectivity index (χ2n) is 4.12. The molecule has 2 rings (SSSR count). The molecule has 1 heterocycles. The molecule has 7 heteroatoms. The second-order valence-corrected chi connectivity index (χ2v) is 4.53. The molecule has 0 unspecified atom stereocenters. The van der Waals surface area contributed by atoms with Crippen molar-refractivity contribution in [2.24, 2.45) is 0 Å². The molecule has 0 aliphatic carbocycles. The van der Waals surface area contributed by atoms with E-state index in [-0.39, 0.29) is 11.3 Å². The molecule has 0 saturated heterocycles. The zero-order valence-corrected chi connectivity index (χ0v) is 12.3. The number of pyridine rings is 1. The fourth-order valence-electron chi connectivity index (χ4n) is 1.71. The number of anilines is 3. The van der Waals surface area contributed by atoms with Gasteiger partial charge < -0.3 is 20.5 Å². The first-order valence-electron chi connectivity index (χ1n) is 5.99. The minimum Gasteiger partial charge on any atom is -0.495 e. The first kappa shape index (κ1) is 14.9. The van der Waals surface area contributed by atoms with Crippen LogP contribution in [0.1, 0.15) is 10.4 Å². The van der Waals surface area contributed by atoms with Crippen molar-refractivity contribution >= 4 is 34.8 Å². The number of hydrogen-bond acceptors (Lipinski definition) is 6. The number of rotatable bonds is 4. The van der Waals surface area contributed by atoms with Gasteiger partial charge in [-0.05, 0) is 18.2 Å². The molecule has 0 bridgehead atoms. The number of esters is 1. The molecule has 110 valence electrons. The molecule has 0 aliphatic rings. The molecule has 0 spiro atoms. The predicted molar refractivity (Wildman–Crippen MR) is 81.3 cm³/mol. The highest BCUT2D eigenvalue weighted by molar-refractivity contribution is 6.32. The maximum Gasteiger partial charge on any atom is 0.340 e. The Morgan fingerprint density at radius 3 is 2.76 bits per heavy atom. The summed E-state index contributed by atoms with van der Waals surface area (Å²) in [5, 5.41) is 3.54. The molecule has 0 saturated carbocycles. The van der Waals surface area contributed by atoms with Gasteiger partial charge >= 0.3 is 5.97 Å². The van der Waals surface area contributed by atoms with Crippen molar-refractivity contribution < 1.29 is 14.3 Å². The maximum atomic E-state index is 11.6. The largest absolute Gasteiger partial charge is 0.495 e. The number of benzene rings is 1. The molecule has 3 N–H and O–H groups in total. The number of hydrogen-bond donors (Lipinski definition) is 2. The standard InChI is InChI=1S/C14H14ClN3O3/c1-20-12-5-8(3-4-10(12)15)18-13-6-9(14(19)21-2)11(16)7-17-13/h3-7H,16H2,1-2H3,(H,17,18). The average molecular weight is 308 g/mol. The predicted octanol–water partition coefficient (Wildman–Crippen LogP) is 2.86. The number of nitrogen functional groups attached to an aromatic ring is 1. The highest BCUT2D eigenvalue weighted by atomic mass is 35.5. The zero-order chi connectivity index (χ0) is 15.4. The molecular formula is C14H14ClN3O3. The molecule has 2 aromatic rings. The van der Waals surface area contributed by atoms with Gasteiger partial charge in [-0.2, -0.15) is 0 Å². The van der Waals surface area contributed by atoms with Gasteiger partial charge in [-0.1, -0.05) is 11.6 Å². The molecule has 0 aliphatic heterocycles. The molecule has 0 atom stereocenters. The molecule has 1 aromatic heterocycles. The molecule has 0 amide bonds. The lowest BCUT2D eigenvalue weighted by molar-refractivity contribution is 0.0602. The van der Waals surface area contributed by atoms with Gasteiger partial charge in [0.15, 0.2) is 0 Å². The monoisotopic (exact) mass is 307 g/mol. The Labute approximate surface area is 126 Å². The van der Waals surface area contributed by atoms with Crippen molar-refractivity contribution in [2.45, 2.75) is 0 Å². The van der Waals surface area contributed by atoms with E-state index in [4.69, 9.17) is 22.1 Å². The lowest BCUT2D eigenvalue weighted by Crippen LogP contribution is -2.07. The van der Waals surface area contributed by atoms with Crippen LogP contribution in [0, 0.1) is 0 Å². The normalized spacial score (nSPS) is 10.0. The molecule has 21 heavy (non-hydrogen) atoms.